The van der Waals surface area contributed by atoms with E-state index in [9.17, 15) is 14.4 Å². The van der Waals surface area contributed by atoms with Crippen molar-refractivity contribution in [2.75, 3.05) is 26.1 Å². The summed E-state index contributed by atoms with van der Waals surface area (Å²) < 4.78 is 9.79. The molecule has 3 saturated carbocycles. The smallest absolute Gasteiger partial charge is 0.307 e. The fourth-order valence-electron chi connectivity index (χ4n) is 5.77. The van der Waals surface area contributed by atoms with Crippen LogP contribution in [0.25, 0.3) is 0 Å². The molecule has 3 aliphatic carbocycles. The van der Waals surface area contributed by atoms with Crippen molar-refractivity contribution in [1.82, 2.24) is 5.32 Å². The van der Waals surface area contributed by atoms with E-state index in [1.54, 1.807) is 19.2 Å². The molecule has 4 rings (SSSR count). The topological polar surface area (TPSA) is 93.7 Å². The van der Waals surface area contributed by atoms with Crippen molar-refractivity contribution >= 4 is 23.5 Å². The van der Waals surface area contributed by atoms with E-state index < -0.39 is 0 Å². The Morgan fingerprint density at radius 2 is 1.62 bits per heavy atom. The van der Waals surface area contributed by atoms with Gasteiger partial charge in [-0.25, -0.2) is 0 Å². The molecule has 0 unspecified atom stereocenters. The molecule has 29 heavy (non-hydrogen) atoms. The average molecular weight is 400 g/mol. The molecule has 4 atom stereocenters. The minimum Gasteiger partial charge on any atom is -0.497 e. The summed E-state index contributed by atoms with van der Waals surface area (Å²) in [6, 6.07) is 7.22. The number of rotatable bonds is 7. The fourth-order valence-corrected chi connectivity index (χ4v) is 5.77. The van der Waals surface area contributed by atoms with Gasteiger partial charge in [-0.3, -0.25) is 14.4 Å². The number of hydrogen-bond acceptors (Lipinski definition) is 5. The van der Waals surface area contributed by atoms with Gasteiger partial charge in [-0.15, -0.1) is 0 Å². The standard InChI is InChI=1S/C22H28N2O5/c1-28-14-5-3-13(4-6-14)24-21(27)19-16-8-7-15(22(16)10-11-22)18(19)20(26)23-12-9-17(25)29-2/h3-6,15-16,18-19H,7-12H2,1-2H3,(H,23,26)(H,24,27)/t15-,16+,18-,19-/m1/s1. The van der Waals surface area contributed by atoms with E-state index in [-0.39, 0.29) is 59.8 Å². The minimum atomic E-state index is -0.356. The van der Waals surface area contributed by atoms with E-state index in [4.69, 9.17) is 4.74 Å². The molecule has 2 amide bonds. The first-order valence-corrected chi connectivity index (χ1v) is 10.3. The van der Waals surface area contributed by atoms with Crippen LogP contribution in [0.15, 0.2) is 24.3 Å². The summed E-state index contributed by atoms with van der Waals surface area (Å²) in [7, 11) is 2.93. The Morgan fingerprint density at radius 1 is 1.00 bits per heavy atom. The van der Waals surface area contributed by atoms with Crippen molar-refractivity contribution in [1.29, 1.82) is 0 Å². The summed E-state index contributed by atoms with van der Waals surface area (Å²) >= 11 is 0. The maximum absolute atomic E-state index is 13.2. The second-order valence-corrected chi connectivity index (χ2v) is 8.41. The Bertz CT molecular complexity index is 802. The van der Waals surface area contributed by atoms with Crippen molar-refractivity contribution in [3.05, 3.63) is 24.3 Å². The van der Waals surface area contributed by atoms with Gasteiger partial charge in [-0.05, 0) is 67.2 Å². The van der Waals surface area contributed by atoms with E-state index in [0.717, 1.165) is 31.4 Å². The lowest BCUT2D eigenvalue weighted by Crippen LogP contribution is -2.43. The zero-order chi connectivity index (χ0) is 20.6. The Labute approximate surface area is 170 Å². The number of anilines is 1. The quantitative estimate of drug-likeness (QED) is 0.686. The molecule has 0 radical (unpaired) electrons. The van der Waals surface area contributed by atoms with Crippen LogP contribution in [-0.4, -0.2) is 38.5 Å². The Morgan fingerprint density at radius 3 is 2.17 bits per heavy atom. The van der Waals surface area contributed by atoms with Crippen molar-refractivity contribution in [3.8, 4) is 5.75 Å². The normalized spacial score (nSPS) is 28.1. The second kappa shape index (κ2) is 7.69. The van der Waals surface area contributed by atoms with Crippen LogP contribution in [0.3, 0.4) is 0 Å². The number of esters is 1. The Hall–Kier alpha value is -2.57. The molecule has 2 N–H and O–H groups in total. The summed E-state index contributed by atoms with van der Waals surface area (Å²) in [4.78, 5) is 37.6. The molecule has 156 valence electrons. The van der Waals surface area contributed by atoms with Gasteiger partial charge in [0.1, 0.15) is 5.75 Å². The number of benzene rings is 1. The molecule has 3 aliphatic rings. The van der Waals surface area contributed by atoms with Gasteiger partial charge in [0.05, 0.1) is 32.5 Å². The van der Waals surface area contributed by atoms with Crippen LogP contribution >= 0.6 is 0 Å². The fraction of sp³-hybridized carbons (Fsp3) is 0.591. The third-order valence-electron chi connectivity index (χ3n) is 7.17. The van der Waals surface area contributed by atoms with Crippen LogP contribution in [0, 0.1) is 29.1 Å². The van der Waals surface area contributed by atoms with Gasteiger partial charge in [-0.2, -0.15) is 0 Å². The zero-order valence-electron chi connectivity index (χ0n) is 16.9. The van der Waals surface area contributed by atoms with Crippen molar-refractivity contribution in [2.24, 2.45) is 29.1 Å². The number of methoxy groups -OCH3 is 2. The highest BCUT2D eigenvalue weighted by atomic mass is 16.5. The first kappa shape index (κ1) is 19.7. The molecule has 0 aromatic heterocycles. The number of carbonyl (C=O) groups is 3. The molecule has 2 bridgehead atoms. The molecule has 0 saturated heterocycles. The number of amides is 2. The number of carbonyl (C=O) groups excluding carboxylic acids is 3. The van der Waals surface area contributed by atoms with Gasteiger partial charge in [0.2, 0.25) is 11.8 Å². The van der Waals surface area contributed by atoms with Crippen LogP contribution in [-0.2, 0) is 19.1 Å². The summed E-state index contributed by atoms with van der Waals surface area (Å²) in [6.45, 7) is 0.235. The third-order valence-corrected chi connectivity index (χ3v) is 7.17. The highest BCUT2D eigenvalue weighted by molar-refractivity contribution is 5.97. The van der Waals surface area contributed by atoms with E-state index >= 15 is 0 Å². The minimum absolute atomic E-state index is 0.0817. The van der Waals surface area contributed by atoms with Gasteiger partial charge in [-0.1, -0.05) is 0 Å². The second-order valence-electron chi connectivity index (χ2n) is 8.41. The Kier molecular flexibility index (Phi) is 5.23. The lowest BCUT2D eigenvalue weighted by molar-refractivity contribution is -0.141. The molecule has 1 aromatic carbocycles. The first-order chi connectivity index (χ1) is 14.0. The van der Waals surface area contributed by atoms with Crippen molar-refractivity contribution in [2.45, 2.75) is 32.1 Å². The lowest BCUT2D eigenvalue weighted by Gasteiger charge is -2.29. The predicted octanol–water partition coefficient (Wildman–Crippen LogP) is 2.37. The molecular formula is C22H28N2O5. The van der Waals surface area contributed by atoms with E-state index in [2.05, 4.69) is 15.4 Å². The maximum Gasteiger partial charge on any atom is 0.307 e. The largest absolute Gasteiger partial charge is 0.497 e. The number of hydrogen-bond donors (Lipinski definition) is 2. The molecule has 1 aromatic rings. The highest BCUT2D eigenvalue weighted by Gasteiger charge is 2.71. The first-order valence-electron chi connectivity index (χ1n) is 10.3. The molecular weight excluding hydrogens is 372 g/mol. The van der Waals surface area contributed by atoms with Gasteiger partial charge < -0.3 is 20.1 Å². The molecule has 7 heteroatoms. The molecule has 3 fully saturated rings. The van der Waals surface area contributed by atoms with Gasteiger partial charge in [0.25, 0.3) is 0 Å². The van der Waals surface area contributed by atoms with Crippen LogP contribution in [0.2, 0.25) is 0 Å². The van der Waals surface area contributed by atoms with Crippen molar-refractivity contribution in [3.63, 3.8) is 0 Å². The van der Waals surface area contributed by atoms with E-state index in [1.807, 2.05) is 12.1 Å². The van der Waals surface area contributed by atoms with Crippen LogP contribution < -0.4 is 15.4 Å². The summed E-state index contributed by atoms with van der Waals surface area (Å²) in [6.07, 6.45) is 4.38. The van der Waals surface area contributed by atoms with Gasteiger partial charge in [0.15, 0.2) is 0 Å². The van der Waals surface area contributed by atoms with E-state index in [1.165, 1.54) is 7.11 Å². The molecule has 1 spiro atoms. The number of nitrogens with one attached hydrogen (secondary N) is 2. The molecule has 0 aliphatic heterocycles. The lowest BCUT2D eigenvalue weighted by atomic mass is 9.78. The van der Waals surface area contributed by atoms with Crippen LogP contribution in [0.1, 0.15) is 32.1 Å². The predicted molar refractivity (Wildman–Crippen MR) is 106 cm³/mol. The highest BCUT2D eigenvalue weighted by Crippen LogP contribution is 2.74. The Balaban J connectivity index is 1.47. The number of ether oxygens (including phenoxy) is 2. The van der Waals surface area contributed by atoms with Gasteiger partial charge in [0, 0.05) is 12.2 Å². The molecule has 7 nitrogen and oxygen atoms in total. The monoisotopic (exact) mass is 400 g/mol. The van der Waals surface area contributed by atoms with E-state index in [0.29, 0.717) is 5.69 Å². The summed E-state index contributed by atoms with van der Waals surface area (Å²) in [5.74, 6) is 0.0559. The summed E-state index contributed by atoms with van der Waals surface area (Å²) in [5.41, 5.74) is 0.875. The molecule has 0 heterocycles. The SMILES string of the molecule is COC(=O)CCNC(=O)[C@H]1[C@H](C(=O)Nc2ccc(OC)cc2)[C@@H]2CC[C@H]1C21CC1. The average Bonchev–Trinajstić information content (AvgIpc) is 3.40. The van der Waals surface area contributed by atoms with Gasteiger partial charge >= 0.3 is 5.97 Å². The van der Waals surface area contributed by atoms with Crippen molar-refractivity contribution < 1.29 is 23.9 Å². The third kappa shape index (κ3) is 3.47. The van der Waals surface area contributed by atoms with Crippen LogP contribution in [0.5, 0.6) is 5.75 Å². The maximum atomic E-state index is 13.2. The summed E-state index contributed by atoms with van der Waals surface area (Å²) in [5, 5.41) is 5.87. The zero-order valence-corrected chi connectivity index (χ0v) is 16.9. The van der Waals surface area contributed by atoms with Crippen LogP contribution in [0.4, 0.5) is 5.69 Å².